The van der Waals surface area contributed by atoms with E-state index >= 15 is 0 Å². The van der Waals surface area contributed by atoms with E-state index in [0.29, 0.717) is 36.3 Å². The summed E-state index contributed by atoms with van der Waals surface area (Å²) >= 11 is 0. The molecule has 0 aliphatic carbocycles. The lowest BCUT2D eigenvalue weighted by Gasteiger charge is -2.18. The van der Waals surface area contributed by atoms with Crippen molar-refractivity contribution < 1.29 is 18.4 Å². The van der Waals surface area contributed by atoms with E-state index in [9.17, 15) is 18.4 Å². The van der Waals surface area contributed by atoms with Crippen LogP contribution in [-0.2, 0) is 0 Å². The number of nitrogens with one attached hydrogen (secondary N) is 6. The Morgan fingerprint density at radius 3 is 1.26 bits per heavy atom. The topological polar surface area (TPSA) is 184 Å². The van der Waals surface area contributed by atoms with Crippen LogP contribution in [0.25, 0.3) is 44.3 Å². The molecule has 0 atom stereocenters. The summed E-state index contributed by atoms with van der Waals surface area (Å²) in [5.41, 5.74) is 7.85. The highest BCUT2D eigenvalue weighted by Gasteiger charge is 2.18. The third-order valence-electron chi connectivity index (χ3n) is 9.99. The van der Waals surface area contributed by atoms with Crippen molar-refractivity contribution in [2.24, 2.45) is 10.8 Å². The number of fused-ring (bicyclic) bond motifs is 2. The van der Waals surface area contributed by atoms with Crippen molar-refractivity contribution >= 4 is 57.4 Å². The predicted molar refractivity (Wildman–Crippen MR) is 246 cm³/mol. The van der Waals surface area contributed by atoms with Crippen LogP contribution in [0.3, 0.4) is 0 Å². The molecule has 0 spiro atoms. The molecule has 0 aliphatic heterocycles. The van der Waals surface area contributed by atoms with Gasteiger partial charge in [0.05, 0.1) is 11.4 Å². The monoisotopic (exact) mass is 848 g/mol. The maximum Gasteiger partial charge on any atom is 0.319 e. The largest absolute Gasteiger partial charge is 0.357 e. The van der Waals surface area contributed by atoms with Crippen molar-refractivity contribution in [3.05, 3.63) is 82.9 Å². The SMILES string of the molecule is CNc1ncc2cc(-c3cc(NC(=O)NCCC(C)(C)C)c(F)cc3C)c(C)nc2n1.CNc1ncc2cc(-c3cc(NC(=O)NCCC(C)(C)C)c(F)cc3C)c(C)nc2n1. The Kier molecular flexibility index (Phi) is 14.6. The average Bonchev–Trinajstić information content (AvgIpc) is 3.18. The third-order valence-corrected chi connectivity index (χ3v) is 9.99. The third kappa shape index (κ3) is 12.3. The molecule has 0 saturated carbocycles. The van der Waals surface area contributed by atoms with Gasteiger partial charge in [0.25, 0.3) is 0 Å². The smallest absolute Gasteiger partial charge is 0.319 e. The first kappa shape index (κ1) is 46.5. The average molecular weight is 849 g/mol. The zero-order valence-corrected chi connectivity index (χ0v) is 37.7. The van der Waals surface area contributed by atoms with Gasteiger partial charge in [0.2, 0.25) is 11.9 Å². The fourth-order valence-corrected chi connectivity index (χ4v) is 6.44. The Bertz CT molecular complexity index is 2430. The molecule has 0 fully saturated rings. The van der Waals surface area contributed by atoms with Crippen molar-refractivity contribution in [1.82, 2.24) is 40.5 Å². The van der Waals surface area contributed by atoms with E-state index in [1.54, 1.807) is 38.6 Å². The number of benzene rings is 2. The number of urea groups is 2. The van der Waals surface area contributed by atoms with Crippen LogP contribution in [-0.4, -0.2) is 69.2 Å². The molecule has 62 heavy (non-hydrogen) atoms. The van der Waals surface area contributed by atoms with Gasteiger partial charge in [-0.3, -0.25) is 0 Å². The molecule has 6 N–H and O–H groups in total. The second kappa shape index (κ2) is 19.4. The number of rotatable bonds is 10. The number of aryl methyl sites for hydroxylation is 4. The highest BCUT2D eigenvalue weighted by Crippen LogP contribution is 2.34. The van der Waals surface area contributed by atoms with Crippen LogP contribution in [0.1, 0.15) is 76.9 Å². The van der Waals surface area contributed by atoms with Gasteiger partial charge < -0.3 is 31.9 Å². The second-order valence-electron chi connectivity index (χ2n) is 17.6. The Morgan fingerprint density at radius 2 is 0.919 bits per heavy atom. The zero-order valence-electron chi connectivity index (χ0n) is 37.7. The van der Waals surface area contributed by atoms with Crippen LogP contribution in [0.5, 0.6) is 0 Å². The second-order valence-corrected chi connectivity index (χ2v) is 17.6. The standard InChI is InChI=1S/2C23H29FN6O/c2*1-13-9-18(24)19(29-22(31)26-8-7-23(3,4)5)11-16(13)17-10-15-12-27-21(25-6)30-20(15)28-14(17)2/h2*9-12H,7-8H2,1-6H3,(H2,26,29,31)(H,25,27,28,30). The van der Waals surface area contributed by atoms with Crippen LogP contribution < -0.4 is 31.9 Å². The molecule has 0 aliphatic rings. The number of amides is 4. The van der Waals surface area contributed by atoms with Crippen molar-refractivity contribution in [2.45, 2.75) is 82.1 Å². The summed E-state index contributed by atoms with van der Waals surface area (Å²) in [5.74, 6) is 0.0179. The van der Waals surface area contributed by atoms with Gasteiger partial charge in [-0.15, -0.1) is 0 Å². The molecule has 6 aromatic rings. The first-order valence-corrected chi connectivity index (χ1v) is 20.5. The molecular formula is C46H58F2N12O2. The number of hydrogen-bond donors (Lipinski definition) is 6. The maximum absolute atomic E-state index is 14.6. The van der Waals surface area contributed by atoms with E-state index in [1.165, 1.54) is 12.1 Å². The van der Waals surface area contributed by atoms with E-state index in [4.69, 9.17) is 0 Å². The first-order valence-electron chi connectivity index (χ1n) is 20.5. The van der Waals surface area contributed by atoms with Crippen molar-refractivity contribution in [3.63, 3.8) is 0 Å². The fraction of sp³-hybridized carbons (Fsp3) is 0.391. The van der Waals surface area contributed by atoms with E-state index in [0.717, 1.165) is 68.4 Å². The predicted octanol–water partition coefficient (Wildman–Crippen LogP) is 10.1. The highest BCUT2D eigenvalue weighted by molar-refractivity contribution is 5.93. The molecule has 14 nitrogen and oxygen atoms in total. The van der Waals surface area contributed by atoms with Crippen LogP contribution in [0.4, 0.5) is 41.6 Å². The minimum absolute atomic E-state index is 0.105. The molecule has 4 heterocycles. The molecule has 4 amide bonds. The highest BCUT2D eigenvalue weighted by atomic mass is 19.1. The lowest BCUT2D eigenvalue weighted by Crippen LogP contribution is -2.31. The summed E-state index contributed by atoms with van der Waals surface area (Å²) in [7, 11) is 3.50. The summed E-state index contributed by atoms with van der Waals surface area (Å²) < 4.78 is 29.1. The van der Waals surface area contributed by atoms with Crippen molar-refractivity contribution in [3.8, 4) is 22.3 Å². The summed E-state index contributed by atoms with van der Waals surface area (Å²) in [6.45, 7) is 21.0. The van der Waals surface area contributed by atoms with Crippen LogP contribution in [0.2, 0.25) is 0 Å². The molecule has 0 bridgehead atoms. The molecule has 6 rings (SSSR count). The van der Waals surface area contributed by atoms with Gasteiger partial charge in [0.15, 0.2) is 11.3 Å². The Balaban J connectivity index is 0.000000234. The fourth-order valence-electron chi connectivity index (χ4n) is 6.44. The van der Waals surface area contributed by atoms with Crippen LogP contribution >= 0.6 is 0 Å². The minimum atomic E-state index is -0.486. The van der Waals surface area contributed by atoms with E-state index < -0.39 is 23.7 Å². The molecule has 0 radical (unpaired) electrons. The summed E-state index contributed by atoms with van der Waals surface area (Å²) in [4.78, 5) is 50.9. The number of carbonyl (C=O) groups excluding carboxylic acids is 2. The zero-order chi connectivity index (χ0) is 45.5. The molecule has 0 saturated heterocycles. The minimum Gasteiger partial charge on any atom is -0.357 e. The van der Waals surface area contributed by atoms with Gasteiger partial charge in [-0.05, 0) is 110 Å². The maximum atomic E-state index is 14.6. The number of carbonyl (C=O) groups is 2. The molecule has 328 valence electrons. The quantitative estimate of drug-likeness (QED) is 0.0776. The lowest BCUT2D eigenvalue weighted by molar-refractivity contribution is 0.249. The Labute approximate surface area is 362 Å². The Hall–Kier alpha value is -6.58. The number of pyridine rings is 2. The van der Waals surface area contributed by atoms with Gasteiger partial charge in [-0.1, -0.05) is 41.5 Å². The lowest BCUT2D eigenvalue weighted by atomic mass is 9.92. The van der Waals surface area contributed by atoms with Gasteiger partial charge in [-0.25, -0.2) is 38.3 Å². The molecule has 0 unspecified atom stereocenters. The van der Waals surface area contributed by atoms with Crippen LogP contribution in [0.15, 0.2) is 48.8 Å². The molecule has 2 aromatic carbocycles. The number of anilines is 4. The number of hydrogen-bond acceptors (Lipinski definition) is 10. The van der Waals surface area contributed by atoms with Crippen molar-refractivity contribution in [1.29, 1.82) is 0 Å². The van der Waals surface area contributed by atoms with E-state index in [2.05, 4.69) is 103 Å². The summed E-state index contributed by atoms with van der Waals surface area (Å²) in [6, 6.07) is 9.14. The van der Waals surface area contributed by atoms with E-state index in [1.807, 2.05) is 39.8 Å². The van der Waals surface area contributed by atoms with Crippen molar-refractivity contribution in [2.75, 3.05) is 48.5 Å². The van der Waals surface area contributed by atoms with Crippen LogP contribution in [0, 0.1) is 50.2 Å². The first-order chi connectivity index (χ1) is 29.1. The summed E-state index contributed by atoms with van der Waals surface area (Å²) in [5, 5.41) is 18.2. The van der Waals surface area contributed by atoms with Gasteiger partial charge >= 0.3 is 12.1 Å². The summed E-state index contributed by atoms with van der Waals surface area (Å²) in [6.07, 6.45) is 5.04. The number of nitrogens with zero attached hydrogens (tertiary/aromatic N) is 6. The van der Waals surface area contributed by atoms with Gasteiger partial charge in [0, 0.05) is 72.9 Å². The molecular weight excluding hydrogens is 791 g/mol. The normalized spacial score (nSPS) is 11.5. The molecule has 4 aromatic heterocycles. The Morgan fingerprint density at radius 1 is 0.548 bits per heavy atom. The molecule has 16 heteroatoms. The van der Waals surface area contributed by atoms with Gasteiger partial charge in [0.1, 0.15) is 11.6 Å². The number of halogens is 2. The number of aromatic nitrogens is 6. The van der Waals surface area contributed by atoms with E-state index in [-0.39, 0.29) is 22.2 Å². The van der Waals surface area contributed by atoms with Gasteiger partial charge in [-0.2, -0.15) is 9.97 Å².